The highest BCUT2D eigenvalue weighted by Crippen LogP contribution is 2.07. The number of esters is 1. The minimum Gasteiger partial charge on any atom is -0.467 e. The lowest BCUT2D eigenvalue weighted by Crippen LogP contribution is -2.52. The van der Waals surface area contributed by atoms with E-state index in [0.29, 0.717) is 25.7 Å². The van der Waals surface area contributed by atoms with Gasteiger partial charge in [-0.05, 0) is 18.4 Å². The highest BCUT2D eigenvalue weighted by Gasteiger charge is 2.26. The maximum Gasteiger partial charge on any atom is 0.328 e. The zero-order valence-corrected chi connectivity index (χ0v) is 14.6. The molecule has 25 heavy (non-hydrogen) atoms. The molecule has 0 aliphatic carbocycles. The molecule has 1 rings (SSSR count). The lowest BCUT2D eigenvalue weighted by molar-refractivity contribution is -0.145. The van der Waals surface area contributed by atoms with Gasteiger partial charge >= 0.3 is 5.97 Å². The number of carbonyl (C=O) groups excluding carboxylic acids is 3. The van der Waals surface area contributed by atoms with Gasteiger partial charge in [-0.1, -0.05) is 30.3 Å². The fraction of sp³-hybridized carbons (Fsp3) is 0.421. The van der Waals surface area contributed by atoms with Crippen LogP contribution in [0.15, 0.2) is 30.3 Å². The maximum absolute atomic E-state index is 12.6. The molecule has 6 nitrogen and oxygen atoms in total. The largest absolute Gasteiger partial charge is 0.467 e. The van der Waals surface area contributed by atoms with Gasteiger partial charge in [0, 0.05) is 19.8 Å². The van der Waals surface area contributed by atoms with Crippen molar-refractivity contribution < 1.29 is 19.1 Å². The van der Waals surface area contributed by atoms with E-state index < -0.39 is 24.0 Å². The normalized spacial score (nSPS) is 12.4. The molecule has 0 bridgehead atoms. The smallest absolute Gasteiger partial charge is 0.328 e. The topological polar surface area (TPSA) is 84.5 Å². The summed E-state index contributed by atoms with van der Waals surface area (Å²) < 4.78 is 4.73. The average Bonchev–Trinajstić information content (AvgIpc) is 2.60. The minimum absolute atomic E-state index is 0.321. The van der Waals surface area contributed by atoms with Gasteiger partial charge in [0.05, 0.1) is 7.11 Å². The summed E-state index contributed by atoms with van der Waals surface area (Å²) in [6.45, 7) is 1.34. The molecule has 0 radical (unpaired) electrons. The SMILES string of the molecule is C#CCCC[C@@H](NC(=O)[C@H](Cc1ccccc1)NC(C)=O)C(=O)OC. The van der Waals surface area contributed by atoms with Crippen LogP contribution in [-0.2, 0) is 25.5 Å². The molecule has 0 unspecified atom stereocenters. The molecule has 0 heterocycles. The molecular weight excluding hydrogens is 320 g/mol. The van der Waals surface area contributed by atoms with Crippen molar-refractivity contribution in [3.05, 3.63) is 35.9 Å². The molecule has 0 fully saturated rings. The second-order valence-corrected chi connectivity index (χ2v) is 5.62. The van der Waals surface area contributed by atoms with Crippen LogP contribution in [0.5, 0.6) is 0 Å². The van der Waals surface area contributed by atoms with E-state index in [9.17, 15) is 14.4 Å². The summed E-state index contributed by atoms with van der Waals surface area (Å²) in [7, 11) is 1.26. The van der Waals surface area contributed by atoms with Crippen molar-refractivity contribution in [2.45, 2.75) is 44.7 Å². The van der Waals surface area contributed by atoms with Crippen LogP contribution in [0.4, 0.5) is 0 Å². The van der Waals surface area contributed by atoms with Gasteiger partial charge < -0.3 is 15.4 Å². The van der Waals surface area contributed by atoms with E-state index in [4.69, 9.17) is 11.2 Å². The van der Waals surface area contributed by atoms with E-state index in [-0.39, 0.29) is 5.91 Å². The summed E-state index contributed by atoms with van der Waals surface area (Å²) in [5.41, 5.74) is 0.901. The molecule has 0 aromatic heterocycles. The Bertz CT molecular complexity index is 622. The maximum atomic E-state index is 12.6. The number of hydrogen-bond donors (Lipinski definition) is 2. The van der Waals surface area contributed by atoms with Crippen molar-refractivity contribution in [3.8, 4) is 12.3 Å². The first kappa shape index (κ1) is 20.2. The number of benzene rings is 1. The zero-order chi connectivity index (χ0) is 18.7. The second kappa shape index (κ2) is 10.9. The van der Waals surface area contributed by atoms with E-state index in [1.54, 1.807) is 0 Å². The predicted octanol–water partition coefficient (Wildman–Crippen LogP) is 1.20. The van der Waals surface area contributed by atoms with Crippen LogP contribution in [0.1, 0.15) is 31.7 Å². The van der Waals surface area contributed by atoms with Crippen molar-refractivity contribution in [2.24, 2.45) is 0 Å². The number of ether oxygens (including phenoxy) is 1. The highest BCUT2D eigenvalue weighted by molar-refractivity contribution is 5.90. The summed E-state index contributed by atoms with van der Waals surface area (Å²) in [6, 6.07) is 7.75. The van der Waals surface area contributed by atoms with E-state index in [1.807, 2.05) is 30.3 Å². The molecule has 0 aliphatic rings. The van der Waals surface area contributed by atoms with Crippen molar-refractivity contribution in [1.29, 1.82) is 0 Å². The Morgan fingerprint density at radius 1 is 1.16 bits per heavy atom. The lowest BCUT2D eigenvalue weighted by atomic mass is 10.0. The first-order valence-electron chi connectivity index (χ1n) is 8.10. The van der Waals surface area contributed by atoms with Crippen LogP contribution in [0.3, 0.4) is 0 Å². The first-order chi connectivity index (χ1) is 12.0. The molecule has 0 aliphatic heterocycles. The Kier molecular flexibility index (Phi) is 8.80. The number of terminal acetylenes is 1. The van der Waals surface area contributed by atoms with E-state index in [1.165, 1.54) is 14.0 Å². The molecule has 0 saturated carbocycles. The Balaban J connectivity index is 2.81. The number of rotatable bonds is 9. The third-order valence-corrected chi connectivity index (χ3v) is 3.59. The van der Waals surface area contributed by atoms with Gasteiger partial charge in [0.15, 0.2) is 0 Å². The Hall–Kier alpha value is -2.81. The van der Waals surface area contributed by atoms with Crippen LogP contribution in [-0.4, -0.2) is 37.0 Å². The van der Waals surface area contributed by atoms with Crippen LogP contribution >= 0.6 is 0 Å². The molecular formula is C19H24N2O4. The number of methoxy groups -OCH3 is 1. The molecule has 2 amide bonds. The van der Waals surface area contributed by atoms with Gasteiger partial charge in [-0.25, -0.2) is 4.79 Å². The number of amides is 2. The predicted molar refractivity (Wildman–Crippen MR) is 94.4 cm³/mol. The second-order valence-electron chi connectivity index (χ2n) is 5.62. The summed E-state index contributed by atoms with van der Waals surface area (Å²) >= 11 is 0. The van der Waals surface area contributed by atoms with Crippen molar-refractivity contribution in [1.82, 2.24) is 10.6 Å². The van der Waals surface area contributed by atoms with Gasteiger partial charge in [-0.3, -0.25) is 9.59 Å². The van der Waals surface area contributed by atoms with E-state index in [0.717, 1.165) is 5.56 Å². The van der Waals surface area contributed by atoms with Crippen molar-refractivity contribution in [2.75, 3.05) is 7.11 Å². The molecule has 1 aromatic carbocycles. The summed E-state index contributed by atoms with van der Waals surface area (Å²) in [5.74, 6) is 1.20. The van der Waals surface area contributed by atoms with Gasteiger partial charge in [0.25, 0.3) is 0 Å². The van der Waals surface area contributed by atoms with Gasteiger partial charge in [-0.15, -0.1) is 12.3 Å². The molecule has 1 aromatic rings. The fourth-order valence-electron chi connectivity index (χ4n) is 2.38. The van der Waals surface area contributed by atoms with Crippen LogP contribution in [0.25, 0.3) is 0 Å². The molecule has 6 heteroatoms. The van der Waals surface area contributed by atoms with Crippen LogP contribution < -0.4 is 10.6 Å². The van der Waals surface area contributed by atoms with Gasteiger partial charge in [0.2, 0.25) is 11.8 Å². The Labute approximate surface area is 148 Å². The quantitative estimate of drug-likeness (QED) is 0.400. The van der Waals surface area contributed by atoms with Crippen molar-refractivity contribution in [3.63, 3.8) is 0 Å². The summed E-state index contributed by atoms with van der Waals surface area (Å²) in [4.78, 5) is 35.9. The first-order valence-corrected chi connectivity index (χ1v) is 8.10. The fourth-order valence-corrected chi connectivity index (χ4v) is 2.38. The van der Waals surface area contributed by atoms with E-state index >= 15 is 0 Å². The standard InChI is InChI=1S/C19H24N2O4/c1-4-5-7-12-16(19(24)25-3)21-18(23)17(20-14(2)22)13-15-10-8-6-9-11-15/h1,6,8-11,16-17H,5,7,12-13H2,2-3H3,(H,20,22)(H,21,23)/t16-,17+/m1/s1. The third kappa shape index (κ3) is 7.53. The summed E-state index contributed by atoms with van der Waals surface area (Å²) in [5, 5.41) is 5.28. The third-order valence-electron chi connectivity index (χ3n) is 3.59. The molecule has 134 valence electrons. The van der Waals surface area contributed by atoms with Gasteiger partial charge in [-0.2, -0.15) is 0 Å². The van der Waals surface area contributed by atoms with Crippen LogP contribution in [0, 0.1) is 12.3 Å². The monoisotopic (exact) mass is 344 g/mol. The molecule has 2 N–H and O–H groups in total. The Morgan fingerprint density at radius 2 is 1.84 bits per heavy atom. The minimum atomic E-state index is -0.794. The zero-order valence-electron chi connectivity index (χ0n) is 14.6. The Morgan fingerprint density at radius 3 is 2.40 bits per heavy atom. The molecule has 0 spiro atoms. The van der Waals surface area contributed by atoms with E-state index in [2.05, 4.69) is 16.6 Å². The number of carbonyl (C=O) groups is 3. The molecule has 0 saturated heterocycles. The number of nitrogens with one attached hydrogen (secondary N) is 2. The average molecular weight is 344 g/mol. The van der Waals surface area contributed by atoms with Crippen LogP contribution in [0.2, 0.25) is 0 Å². The lowest BCUT2D eigenvalue weighted by Gasteiger charge is -2.22. The van der Waals surface area contributed by atoms with Gasteiger partial charge in [0.1, 0.15) is 12.1 Å². The summed E-state index contributed by atoms with van der Waals surface area (Å²) in [6.07, 6.45) is 7.00. The number of unbranched alkanes of at least 4 members (excludes halogenated alkanes) is 1. The highest BCUT2D eigenvalue weighted by atomic mass is 16.5. The molecule has 2 atom stereocenters. The van der Waals surface area contributed by atoms with Crippen molar-refractivity contribution >= 4 is 17.8 Å². The number of hydrogen-bond acceptors (Lipinski definition) is 4.